The number of hydrogen-bond donors (Lipinski definition) is 0. The molecule has 1 unspecified atom stereocenters. The lowest BCUT2D eigenvalue weighted by Crippen LogP contribution is -2.51. The van der Waals surface area contributed by atoms with Crippen LogP contribution in [-0.2, 0) is 14.2 Å². The van der Waals surface area contributed by atoms with Crippen molar-refractivity contribution in [2.24, 2.45) is 11.8 Å². The number of allylic oxidation sites excluding steroid dienone is 4. The van der Waals surface area contributed by atoms with Gasteiger partial charge in [0.15, 0.2) is 0 Å². The molecule has 3 heteroatoms. The molecule has 0 aliphatic heterocycles. The van der Waals surface area contributed by atoms with Crippen LogP contribution in [0.4, 0.5) is 0 Å². The molecule has 0 amide bonds. The number of hydrogen-bond acceptors (Lipinski definition) is 3. The summed E-state index contributed by atoms with van der Waals surface area (Å²) in [6.07, 6.45) is 21.4. The second kappa shape index (κ2) is 15.2. The molecular formula is C27H50O3. The summed E-state index contributed by atoms with van der Waals surface area (Å²) < 4.78 is 19.4. The van der Waals surface area contributed by atoms with E-state index in [1.54, 1.807) is 0 Å². The first kappa shape index (κ1) is 27.4. The van der Waals surface area contributed by atoms with Crippen molar-refractivity contribution in [3.05, 3.63) is 24.3 Å². The molecule has 0 aromatic rings. The Balaban J connectivity index is 2.88. The van der Waals surface area contributed by atoms with Gasteiger partial charge in [-0.1, -0.05) is 76.2 Å². The zero-order valence-electron chi connectivity index (χ0n) is 21.0. The minimum Gasteiger partial charge on any atom is -0.324 e. The van der Waals surface area contributed by atoms with Crippen LogP contribution in [0.2, 0.25) is 0 Å². The van der Waals surface area contributed by atoms with Crippen LogP contribution in [0.1, 0.15) is 113 Å². The molecule has 1 atom stereocenters. The molecule has 0 heterocycles. The molecule has 0 saturated carbocycles. The number of ether oxygens (including phenoxy) is 3. The average molecular weight is 423 g/mol. The quantitative estimate of drug-likeness (QED) is 0.164. The summed E-state index contributed by atoms with van der Waals surface area (Å²) in [5.41, 5.74) is 0. The minimum atomic E-state index is -0.957. The van der Waals surface area contributed by atoms with Crippen molar-refractivity contribution in [3.63, 3.8) is 0 Å². The Morgan fingerprint density at radius 3 is 1.63 bits per heavy atom. The van der Waals surface area contributed by atoms with E-state index in [1.807, 2.05) is 0 Å². The molecule has 0 N–H and O–H groups in total. The standard InChI is InChI=1S/C27H50O3/c1-8-9-10-11-12-13-20-26(21-16-19-25-17-14-15-18-25)27(28-22(2)3,29-23(4)5)30-24(6)7/h14-15,17-18,22-26H,8-13,16,19-21H2,1-7H3. The Morgan fingerprint density at radius 1 is 0.667 bits per heavy atom. The fraction of sp³-hybridized carbons (Fsp3) is 0.852. The summed E-state index contributed by atoms with van der Waals surface area (Å²) in [6.45, 7) is 14.8. The van der Waals surface area contributed by atoms with E-state index in [0.29, 0.717) is 5.92 Å². The van der Waals surface area contributed by atoms with Gasteiger partial charge in [-0.2, -0.15) is 0 Å². The highest BCUT2D eigenvalue weighted by atomic mass is 16.9. The highest BCUT2D eigenvalue weighted by Gasteiger charge is 2.44. The van der Waals surface area contributed by atoms with Gasteiger partial charge in [0.1, 0.15) is 0 Å². The van der Waals surface area contributed by atoms with E-state index in [-0.39, 0.29) is 24.2 Å². The summed E-state index contributed by atoms with van der Waals surface area (Å²) in [5.74, 6) is -0.135. The minimum absolute atomic E-state index is 0.0512. The van der Waals surface area contributed by atoms with Gasteiger partial charge in [-0.15, -0.1) is 0 Å². The van der Waals surface area contributed by atoms with Gasteiger partial charge >= 0.3 is 0 Å². The molecular weight excluding hydrogens is 372 g/mol. The van der Waals surface area contributed by atoms with Crippen LogP contribution in [0, 0.1) is 11.8 Å². The van der Waals surface area contributed by atoms with Crippen molar-refractivity contribution in [3.8, 4) is 0 Å². The fourth-order valence-electron chi connectivity index (χ4n) is 4.30. The monoisotopic (exact) mass is 422 g/mol. The topological polar surface area (TPSA) is 27.7 Å². The summed E-state index contributed by atoms with van der Waals surface area (Å²) >= 11 is 0. The van der Waals surface area contributed by atoms with Crippen LogP contribution < -0.4 is 0 Å². The van der Waals surface area contributed by atoms with E-state index in [0.717, 1.165) is 19.3 Å². The molecule has 1 aliphatic carbocycles. The Bertz CT molecular complexity index is 440. The first-order valence-corrected chi connectivity index (χ1v) is 12.7. The van der Waals surface area contributed by atoms with Gasteiger partial charge in [0.05, 0.1) is 18.3 Å². The van der Waals surface area contributed by atoms with Crippen LogP contribution in [0.15, 0.2) is 24.3 Å². The van der Waals surface area contributed by atoms with E-state index in [2.05, 4.69) is 72.8 Å². The molecule has 30 heavy (non-hydrogen) atoms. The Morgan fingerprint density at radius 2 is 1.13 bits per heavy atom. The van der Waals surface area contributed by atoms with E-state index in [1.165, 1.54) is 44.9 Å². The third-order valence-electron chi connectivity index (χ3n) is 5.52. The lowest BCUT2D eigenvalue weighted by Gasteiger charge is -2.43. The van der Waals surface area contributed by atoms with Gasteiger partial charge in [-0.05, 0) is 66.7 Å². The highest BCUT2D eigenvalue weighted by molar-refractivity contribution is 5.17. The second-order valence-electron chi connectivity index (χ2n) is 9.72. The largest absolute Gasteiger partial charge is 0.324 e. The first-order valence-electron chi connectivity index (χ1n) is 12.7. The number of rotatable bonds is 18. The number of unbranched alkanes of at least 4 members (excludes halogenated alkanes) is 5. The molecule has 176 valence electrons. The second-order valence-corrected chi connectivity index (χ2v) is 9.72. The van der Waals surface area contributed by atoms with Crippen LogP contribution in [0.25, 0.3) is 0 Å². The fourth-order valence-corrected chi connectivity index (χ4v) is 4.30. The molecule has 0 aromatic carbocycles. The highest BCUT2D eigenvalue weighted by Crippen LogP contribution is 2.37. The van der Waals surface area contributed by atoms with Crippen LogP contribution in [-0.4, -0.2) is 24.3 Å². The van der Waals surface area contributed by atoms with Crippen molar-refractivity contribution >= 4 is 0 Å². The normalized spacial score (nSPS) is 15.9. The SMILES string of the molecule is CCCCCCCCC(CCCC1C=CC=C1)C(OC(C)C)(OC(C)C)OC(C)C. The van der Waals surface area contributed by atoms with E-state index >= 15 is 0 Å². The zero-order valence-corrected chi connectivity index (χ0v) is 21.0. The summed E-state index contributed by atoms with van der Waals surface area (Å²) in [6, 6.07) is 0. The Labute approximate surface area is 187 Å². The average Bonchev–Trinajstić information content (AvgIpc) is 3.14. The molecule has 0 aromatic heterocycles. The van der Waals surface area contributed by atoms with Gasteiger partial charge < -0.3 is 14.2 Å². The Kier molecular flexibility index (Phi) is 13.9. The van der Waals surface area contributed by atoms with Crippen molar-refractivity contribution in [1.29, 1.82) is 0 Å². The molecule has 0 spiro atoms. The van der Waals surface area contributed by atoms with Gasteiger partial charge in [-0.3, -0.25) is 0 Å². The molecule has 0 saturated heterocycles. The van der Waals surface area contributed by atoms with E-state index < -0.39 is 5.97 Å². The molecule has 0 bridgehead atoms. The van der Waals surface area contributed by atoms with E-state index in [9.17, 15) is 0 Å². The molecule has 3 nitrogen and oxygen atoms in total. The van der Waals surface area contributed by atoms with Crippen molar-refractivity contribution in [1.82, 2.24) is 0 Å². The summed E-state index contributed by atoms with van der Waals surface area (Å²) in [4.78, 5) is 0. The first-order chi connectivity index (χ1) is 14.3. The maximum atomic E-state index is 6.47. The van der Waals surface area contributed by atoms with Crippen molar-refractivity contribution in [2.75, 3.05) is 0 Å². The van der Waals surface area contributed by atoms with Gasteiger partial charge in [0.25, 0.3) is 5.97 Å². The maximum Gasteiger partial charge on any atom is 0.286 e. The maximum absolute atomic E-state index is 6.47. The van der Waals surface area contributed by atoms with E-state index in [4.69, 9.17) is 14.2 Å². The lowest BCUT2D eigenvalue weighted by molar-refractivity contribution is -0.433. The zero-order chi connectivity index (χ0) is 22.4. The van der Waals surface area contributed by atoms with Crippen molar-refractivity contribution in [2.45, 2.75) is 137 Å². The van der Waals surface area contributed by atoms with Gasteiger partial charge in [0, 0.05) is 5.92 Å². The predicted octanol–water partition coefficient (Wildman–Crippen LogP) is 8.19. The summed E-state index contributed by atoms with van der Waals surface area (Å²) in [7, 11) is 0. The third-order valence-corrected chi connectivity index (χ3v) is 5.52. The smallest absolute Gasteiger partial charge is 0.286 e. The van der Waals surface area contributed by atoms with Crippen LogP contribution in [0.3, 0.4) is 0 Å². The third kappa shape index (κ3) is 11.1. The molecule has 1 aliphatic rings. The molecule has 0 fully saturated rings. The predicted molar refractivity (Wildman–Crippen MR) is 128 cm³/mol. The lowest BCUT2D eigenvalue weighted by atomic mass is 9.90. The molecule has 1 rings (SSSR count). The van der Waals surface area contributed by atoms with Crippen molar-refractivity contribution < 1.29 is 14.2 Å². The van der Waals surface area contributed by atoms with Gasteiger partial charge in [-0.25, -0.2) is 0 Å². The summed E-state index contributed by atoms with van der Waals surface area (Å²) in [5, 5.41) is 0. The van der Waals surface area contributed by atoms with Gasteiger partial charge in [0.2, 0.25) is 0 Å². The Hall–Kier alpha value is -0.640. The van der Waals surface area contributed by atoms with Crippen LogP contribution >= 0.6 is 0 Å². The molecule has 0 radical (unpaired) electrons. The van der Waals surface area contributed by atoms with Crippen LogP contribution in [0.5, 0.6) is 0 Å².